The van der Waals surface area contributed by atoms with Gasteiger partial charge in [-0.05, 0) is 0 Å². The van der Waals surface area contributed by atoms with Gasteiger partial charge < -0.3 is 19.8 Å². The molecule has 0 atom stereocenters. The van der Waals surface area contributed by atoms with Crippen LogP contribution in [0.1, 0.15) is 21.0 Å². The number of nitro groups is 1. The molecular formula is C6H3N3O6-2. The van der Waals surface area contributed by atoms with Crippen LogP contribution in [-0.4, -0.2) is 26.6 Å². The first-order valence-corrected chi connectivity index (χ1v) is 3.50. The van der Waals surface area contributed by atoms with E-state index in [0.717, 1.165) is 7.05 Å². The van der Waals surface area contributed by atoms with Crippen molar-refractivity contribution in [2.24, 2.45) is 7.05 Å². The Kier molecular flexibility index (Phi) is 2.38. The lowest BCUT2D eigenvalue weighted by Crippen LogP contribution is -2.26. The van der Waals surface area contributed by atoms with Crippen molar-refractivity contribution in [3.05, 3.63) is 21.5 Å². The van der Waals surface area contributed by atoms with Gasteiger partial charge in [-0.1, -0.05) is 0 Å². The van der Waals surface area contributed by atoms with Gasteiger partial charge in [0.2, 0.25) is 0 Å². The quantitative estimate of drug-likeness (QED) is 0.386. The molecule has 0 N–H and O–H groups in total. The maximum atomic E-state index is 10.5. The summed E-state index contributed by atoms with van der Waals surface area (Å²) in [5.74, 6) is -3.81. The summed E-state index contributed by atoms with van der Waals surface area (Å²) in [5.41, 5.74) is -3.10. The van der Waals surface area contributed by atoms with E-state index in [1.807, 2.05) is 0 Å². The van der Waals surface area contributed by atoms with Crippen molar-refractivity contribution in [2.75, 3.05) is 0 Å². The molecule has 0 unspecified atom stereocenters. The summed E-state index contributed by atoms with van der Waals surface area (Å²) in [6.45, 7) is 0. The molecule has 0 spiro atoms. The topological polar surface area (TPSA) is 141 Å². The van der Waals surface area contributed by atoms with Gasteiger partial charge in [-0.25, -0.2) is 0 Å². The van der Waals surface area contributed by atoms with Gasteiger partial charge in [0.25, 0.3) is 0 Å². The van der Waals surface area contributed by atoms with Crippen molar-refractivity contribution in [2.45, 2.75) is 0 Å². The number of rotatable bonds is 3. The number of carbonyl (C=O) groups is 2. The molecule has 0 saturated carbocycles. The molecule has 0 aliphatic carbocycles. The van der Waals surface area contributed by atoms with Crippen molar-refractivity contribution in [3.63, 3.8) is 0 Å². The van der Waals surface area contributed by atoms with Gasteiger partial charge in [0.1, 0.15) is 0 Å². The Morgan fingerprint density at radius 1 is 1.33 bits per heavy atom. The number of aromatic nitrogens is 2. The number of hydrogen-bond donors (Lipinski definition) is 0. The van der Waals surface area contributed by atoms with Gasteiger partial charge >= 0.3 is 5.69 Å². The van der Waals surface area contributed by atoms with E-state index >= 15 is 0 Å². The fourth-order valence-corrected chi connectivity index (χ4v) is 1.05. The zero-order chi connectivity index (χ0) is 11.7. The molecule has 80 valence electrons. The molecule has 0 aliphatic rings. The van der Waals surface area contributed by atoms with Crippen molar-refractivity contribution in [1.82, 2.24) is 9.78 Å². The van der Waals surface area contributed by atoms with Crippen LogP contribution < -0.4 is 10.2 Å². The van der Waals surface area contributed by atoms with Crippen LogP contribution in [-0.2, 0) is 7.05 Å². The van der Waals surface area contributed by atoms with Crippen LogP contribution in [0.25, 0.3) is 0 Å². The summed E-state index contributed by atoms with van der Waals surface area (Å²) in [6, 6.07) is 0. The number of nitrogens with zero attached hydrogens (tertiary/aromatic N) is 3. The largest absolute Gasteiger partial charge is 0.543 e. The predicted octanol–water partition coefficient (Wildman–Crippen LogP) is -2.94. The van der Waals surface area contributed by atoms with Crippen LogP contribution in [0.5, 0.6) is 0 Å². The van der Waals surface area contributed by atoms with Crippen LogP contribution in [0.15, 0.2) is 0 Å². The number of carbonyl (C=O) groups excluding carboxylic acids is 2. The molecule has 0 saturated heterocycles. The van der Waals surface area contributed by atoms with Gasteiger partial charge in [0, 0.05) is 7.05 Å². The van der Waals surface area contributed by atoms with E-state index in [9.17, 15) is 29.9 Å². The molecule has 0 aliphatic heterocycles. The van der Waals surface area contributed by atoms with E-state index in [-0.39, 0.29) is 0 Å². The van der Waals surface area contributed by atoms with Crippen molar-refractivity contribution >= 4 is 17.6 Å². The SMILES string of the molecule is Cn1nc(C(=O)[O-])c([N+](=O)[O-])c1C(=O)[O-]. The van der Waals surface area contributed by atoms with Crippen LogP contribution in [0.2, 0.25) is 0 Å². The Hall–Kier alpha value is -2.45. The molecule has 9 heteroatoms. The normalized spacial score (nSPS) is 9.93. The van der Waals surface area contributed by atoms with Crippen LogP contribution in [0.4, 0.5) is 5.69 Å². The minimum Gasteiger partial charge on any atom is -0.543 e. The van der Waals surface area contributed by atoms with E-state index < -0.39 is 33.9 Å². The summed E-state index contributed by atoms with van der Waals surface area (Å²) >= 11 is 0. The Morgan fingerprint density at radius 3 is 2.20 bits per heavy atom. The summed E-state index contributed by atoms with van der Waals surface area (Å²) in [7, 11) is 1.05. The number of carboxylic acids is 2. The van der Waals surface area contributed by atoms with Crippen molar-refractivity contribution in [1.29, 1.82) is 0 Å². The van der Waals surface area contributed by atoms with Gasteiger partial charge in [-0.3, -0.25) is 14.8 Å². The van der Waals surface area contributed by atoms with E-state index in [1.54, 1.807) is 0 Å². The molecular weight excluding hydrogens is 210 g/mol. The Balaban J connectivity index is 3.59. The lowest BCUT2D eigenvalue weighted by molar-refractivity contribution is -0.386. The first kappa shape index (κ1) is 10.6. The van der Waals surface area contributed by atoms with Crippen LogP contribution in [0, 0.1) is 10.1 Å². The van der Waals surface area contributed by atoms with Gasteiger partial charge in [-0.15, -0.1) is 0 Å². The minimum atomic E-state index is -1.93. The number of hydrogen-bond acceptors (Lipinski definition) is 7. The molecule has 0 fully saturated rings. The second kappa shape index (κ2) is 3.36. The maximum Gasteiger partial charge on any atom is 0.325 e. The van der Waals surface area contributed by atoms with E-state index in [2.05, 4.69) is 5.10 Å². The van der Waals surface area contributed by atoms with Crippen molar-refractivity contribution in [3.8, 4) is 0 Å². The maximum absolute atomic E-state index is 10.5. The highest BCUT2D eigenvalue weighted by molar-refractivity contribution is 5.97. The third kappa shape index (κ3) is 1.61. The molecule has 1 aromatic heterocycles. The third-order valence-electron chi connectivity index (χ3n) is 1.59. The first-order chi connectivity index (χ1) is 6.86. The molecule has 15 heavy (non-hydrogen) atoms. The summed E-state index contributed by atoms with van der Waals surface area (Å²) in [4.78, 5) is 30.2. The van der Waals surface area contributed by atoms with Crippen LogP contribution >= 0.6 is 0 Å². The van der Waals surface area contributed by atoms with E-state index in [0.29, 0.717) is 4.68 Å². The molecule has 1 aromatic rings. The zero-order valence-electron chi connectivity index (χ0n) is 7.29. The third-order valence-corrected chi connectivity index (χ3v) is 1.59. The predicted molar refractivity (Wildman–Crippen MR) is 38.5 cm³/mol. The lowest BCUT2D eigenvalue weighted by Gasteiger charge is -2.00. The zero-order valence-corrected chi connectivity index (χ0v) is 7.29. The fourth-order valence-electron chi connectivity index (χ4n) is 1.05. The van der Waals surface area contributed by atoms with Gasteiger partial charge in [0.05, 0.1) is 16.9 Å². The van der Waals surface area contributed by atoms with E-state index in [4.69, 9.17) is 0 Å². The second-order valence-corrected chi connectivity index (χ2v) is 2.50. The number of carboxylic acid groups (broad SMARTS) is 2. The van der Waals surface area contributed by atoms with Gasteiger partial charge in [-0.2, -0.15) is 5.10 Å². The average molecular weight is 213 g/mol. The highest BCUT2D eigenvalue weighted by Crippen LogP contribution is 2.21. The Morgan fingerprint density at radius 2 is 1.87 bits per heavy atom. The number of aromatic carboxylic acids is 2. The lowest BCUT2D eigenvalue weighted by atomic mass is 10.3. The standard InChI is InChI=1S/C6H5N3O6/c1-8-4(6(12)13)3(9(14)15)2(7-8)5(10)11/h1H3,(H,10,11)(H,12,13)/p-2. The smallest absolute Gasteiger partial charge is 0.325 e. The second-order valence-electron chi connectivity index (χ2n) is 2.50. The molecule has 0 bridgehead atoms. The molecule has 0 radical (unpaired) electrons. The number of aryl methyl sites for hydroxylation is 1. The fraction of sp³-hybridized carbons (Fsp3) is 0.167. The van der Waals surface area contributed by atoms with Crippen molar-refractivity contribution < 1.29 is 24.7 Å². The Bertz CT molecular complexity index is 462. The summed E-state index contributed by atoms with van der Waals surface area (Å²) in [5, 5.41) is 34.5. The Labute approximate surface area is 81.7 Å². The molecule has 1 rings (SSSR count). The van der Waals surface area contributed by atoms with Crippen LogP contribution in [0.3, 0.4) is 0 Å². The molecule has 0 amide bonds. The highest BCUT2D eigenvalue weighted by Gasteiger charge is 2.27. The average Bonchev–Trinajstić information content (AvgIpc) is 2.42. The molecule has 9 nitrogen and oxygen atoms in total. The first-order valence-electron chi connectivity index (χ1n) is 3.50. The molecule has 0 aromatic carbocycles. The molecule has 1 heterocycles. The minimum absolute atomic E-state index is 0.540. The summed E-state index contributed by atoms with van der Waals surface area (Å²) < 4.78 is 0.540. The van der Waals surface area contributed by atoms with Gasteiger partial charge in [0.15, 0.2) is 11.4 Å². The monoisotopic (exact) mass is 213 g/mol. The van der Waals surface area contributed by atoms with E-state index in [1.165, 1.54) is 0 Å². The highest BCUT2D eigenvalue weighted by atomic mass is 16.6. The summed E-state index contributed by atoms with van der Waals surface area (Å²) in [6.07, 6.45) is 0.